The van der Waals surface area contributed by atoms with Crippen LogP contribution in [-0.4, -0.2) is 49.6 Å². The second-order valence-corrected chi connectivity index (χ2v) is 10.5. The summed E-state index contributed by atoms with van der Waals surface area (Å²) in [6, 6.07) is 5.29. The molecule has 0 unspecified atom stereocenters. The van der Waals surface area contributed by atoms with Crippen molar-refractivity contribution in [3.8, 4) is 16.9 Å². The third-order valence-electron chi connectivity index (χ3n) is 7.94. The van der Waals surface area contributed by atoms with E-state index in [1.165, 1.54) is 12.1 Å². The first-order chi connectivity index (χ1) is 21.0. The Hall–Kier alpha value is -4.73. The highest BCUT2D eigenvalue weighted by atomic mass is 19.4. The molecule has 0 atom stereocenters. The van der Waals surface area contributed by atoms with Crippen LogP contribution in [0.2, 0.25) is 0 Å². The molecule has 2 aromatic carbocycles. The number of alkyl halides is 6. The maximum absolute atomic E-state index is 14.6. The van der Waals surface area contributed by atoms with Crippen LogP contribution in [0.25, 0.3) is 11.1 Å². The molecule has 0 radical (unpaired) electrons. The molecule has 16 heteroatoms. The number of pyridine rings is 1. The molecule has 1 aliphatic carbocycles. The van der Waals surface area contributed by atoms with E-state index in [1.807, 2.05) is 0 Å². The lowest BCUT2D eigenvalue weighted by atomic mass is 9.72. The molecule has 45 heavy (non-hydrogen) atoms. The van der Waals surface area contributed by atoms with Crippen molar-refractivity contribution in [3.63, 3.8) is 0 Å². The number of anilines is 1. The van der Waals surface area contributed by atoms with E-state index in [0.29, 0.717) is 30.8 Å². The summed E-state index contributed by atoms with van der Waals surface area (Å²) in [7, 11) is 1.39. The van der Waals surface area contributed by atoms with Gasteiger partial charge in [-0.1, -0.05) is 12.1 Å². The average molecular weight is 643 g/mol. The quantitative estimate of drug-likeness (QED) is 0.222. The normalized spacial score (nSPS) is 17.1. The summed E-state index contributed by atoms with van der Waals surface area (Å²) < 4.78 is 108. The Bertz CT molecular complexity index is 1720. The van der Waals surface area contributed by atoms with Crippen LogP contribution in [0.1, 0.15) is 36.1 Å². The van der Waals surface area contributed by atoms with Crippen LogP contribution >= 0.6 is 0 Å². The summed E-state index contributed by atoms with van der Waals surface area (Å²) in [5.74, 6) is -7.09. The molecule has 3 N–H and O–H groups in total. The monoisotopic (exact) mass is 642 g/mol. The van der Waals surface area contributed by atoms with E-state index in [9.17, 15) is 54.9 Å². The van der Waals surface area contributed by atoms with Gasteiger partial charge in [-0.2, -0.15) is 30.7 Å². The predicted octanol–water partition coefficient (Wildman–Crippen LogP) is 6.33. The fourth-order valence-corrected chi connectivity index (χ4v) is 5.28. The van der Waals surface area contributed by atoms with Gasteiger partial charge < -0.3 is 15.5 Å². The van der Waals surface area contributed by atoms with Crippen molar-refractivity contribution in [2.24, 2.45) is 0 Å². The van der Waals surface area contributed by atoms with Crippen LogP contribution in [0, 0.1) is 11.6 Å². The van der Waals surface area contributed by atoms with Gasteiger partial charge in [0.25, 0.3) is 11.8 Å². The molecule has 238 valence electrons. The third kappa shape index (κ3) is 5.54. The van der Waals surface area contributed by atoms with Crippen molar-refractivity contribution >= 4 is 17.5 Å². The number of aromatic hydroxyl groups is 1. The number of phenols is 1. The number of aliphatic hydroxyl groups excluding tert-OH is 1. The fourth-order valence-electron chi connectivity index (χ4n) is 5.28. The van der Waals surface area contributed by atoms with Crippen molar-refractivity contribution in [2.75, 3.05) is 12.4 Å². The highest BCUT2D eigenvalue weighted by Gasteiger charge is 2.55. The zero-order valence-electron chi connectivity index (χ0n) is 23.0. The van der Waals surface area contributed by atoms with Crippen molar-refractivity contribution in [2.45, 2.75) is 43.7 Å². The lowest BCUT2D eigenvalue weighted by molar-refractivity contribution is -0.172. The molecule has 1 saturated carbocycles. The molecule has 0 bridgehead atoms. The topological polar surface area (TPSA) is 106 Å². The van der Waals surface area contributed by atoms with Crippen LogP contribution < -0.4 is 5.32 Å². The van der Waals surface area contributed by atoms with E-state index in [0.717, 1.165) is 29.3 Å². The molecular formula is C29H22F8N4O4. The summed E-state index contributed by atoms with van der Waals surface area (Å²) in [5.41, 5.74) is -6.00. The van der Waals surface area contributed by atoms with Crippen LogP contribution in [0.15, 0.2) is 60.0 Å². The second-order valence-electron chi connectivity index (χ2n) is 10.5. The van der Waals surface area contributed by atoms with Crippen LogP contribution in [0.5, 0.6) is 5.75 Å². The van der Waals surface area contributed by atoms with E-state index in [1.54, 1.807) is 0 Å². The lowest BCUT2D eigenvalue weighted by Gasteiger charge is -2.54. The number of nitrogens with zero attached hydrogens (tertiary/aromatic N) is 3. The summed E-state index contributed by atoms with van der Waals surface area (Å²) in [6.07, 6.45) is -8.00. The van der Waals surface area contributed by atoms with Gasteiger partial charge in [0.15, 0.2) is 11.6 Å². The molecule has 5 rings (SSSR count). The smallest absolute Gasteiger partial charge is 0.433 e. The first kappa shape index (κ1) is 31.7. The second kappa shape index (κ2) is 11.0. The Labute approximate surface area is 249 Å². The number of halogens is 8. The molecule has 8 nitrogen and oxygen atoms in total. The molecular weight excluding hydrogens is 620 g/mol. The van der Waals surface area contributed by atoms with Gasteiger partial charge >= 0.3 is 12.4 Å². The van der Waals surface area contributed by atoms with Crippen LogP contribution in [0.4, 0.5) is 40.8 Å². The number of nitrogens with one attached hydrogen (secondary N) is 1. The minimum Gasteiger partial charge on any atom is -0.509 e. The molecule has 2 aliphatic rings. The van der Waals surface area contributed by atoms with Gasteiger partial charge in [0.1, 0.15) is 17.0 Å². The number of hydrogen-bond acceptors (Lipinski definition) is 6. The maximum Gasteiger partial charge on any atom is 0.433 e. The molecule has 1 spiro atoms. The number of hydrogen-bond donors (Lipinski definition) is 3. The average Bonchev–Trinajstić information content (AvgIpc) is 2.93. The fraction of sp³-hybridized carbons (Fsp3) is 0.276. The van der Waals surface area contributed by atoms with E-state index >= 15 is 0 Å². The van der Waals surface area contributed by atoms with Gasteiger partial charge in [-0.3, -0.25) is 19.6 Å². The van der Waals surface area contributed by atoms with Gasteiger partial charge in [0.05, 0.1) is 17.6 Å². The number of carbonyl (C=O) groups excluding carboxylic acids is 2. The molecule has 1 aliphatic heterocycles. The summed E-state index contributed by atoms with van der Waals surface area (Å²) in [4.78, 5) is 30.5. The van der Waals surface area contributed by atoms with Crippen molar-refractivity contribution in [1.29, 1.82) is 0 Å². The minimum absolute atomic E-state index is 0.237. The highest BCUT2D eigenvalue weighted by Crippen LogP contribution is 2.47. The van der Waals surface area contributed by atoms with Crippen molar-refractivity contribution in [3.05, 3.63) is 88.4 Å². The first-order valence-electron chi connectivity index (χ1n) is 13.2. The Kier molecular flexibility index (Phi) is 7.75. The predicted molar refractivity (Wildman–Crippen MR) is 141 cm³/mol. The van der Waals surface area contributed by atoms with E-state index in [2.05, 4.69) is 10.3 Å². The van der Waals surface area contributed by atoms with E-state index in [-0.39, 0.29) is 29.7 Å². The Balaban J connectivity index is 1.54. The molecule has 0 saturated heterocycles. The van der Waals surface area contributed by atoms with Crippen LogP contribution in [0.3, 0.4) is 0 Å². The first-order valence-corrected chi connectivity index (χ1v) is 13.2. The van der Waals surface area contributed by atoms with Gasteiger partial charge in [0, 0.05) is 35.6 Å². The van der Waals surface area contributed by atoms with Gasteiger partial charge in [-0.15, -0.1) is 0 Å². The van der Waals surface area contributed by atoms with Crippen molar-refractivity contribution in [1.82, 2.24) is 15.0 Å². The minimum atomic E-state index is -4.87. The Morgan fingerprint density at radius 3 is 2.22 bits per heavy atom. The number of phenolic OH excluding ortho intramolecular Hbond substituents is 1. The lowest BCUT2D eigenvalue weighted by Crippen LogP contribution is -2.65. The number of likely N-dealkylation sites (N-methyl/N-ethyl adjacent to an activating group) is 1. The van der Waals surface area contributed by atoms with Crippen molar-refractivity contribution < 1.29 is 54.9 Å². The third-order valence-corrected chi connectivity index (χ3v) is 7.94. The van der Waals surface area contributed by atoms with E-state index < -0.39 is 81.8 Å². The maximum atomic E-state index is 14.6. The molecule has 2 heterocycles. The number of benzene rings is 2. The van der Waals surface area contributed by atoms with Gasteiger partial charge in [-0.25, -0.2) is 9.40 Å². The standard InChI is InChI=1S/C29H22F8N4O4/c1-40-27(9-2-10-27)24(43)21(26(45)41(40)13-15-3-7-19(42)23(31)22(15)30)25(44)39-18-6-5-16(28(32,33)34)11-17(18)14-4-8-20(38-12-14)29(35,36)37/h3-8,11-12,42-43H,2,9-10,13H2,1H3,(H,39,44). The summed E-state index contributed by atoms with van der Waals surface area (Å²) >= 11 is 0. The number of aromatic nitrogens is 1. The number of hydrazine groups is 1. The summed E-state index contributed by atoms with van der Waals surface area (Å²) in [6.45, 7) is -0.632. The largest absolute Gasteiger partial charge is 0.509 e. The summed E-state index contributed by atoms with van der Waals surface area (Å²) in [5, 5.41) is 25.1. The Morgan fingerprint density at radius 1 is 0.978 bits per heavy atom. The number of carbonyl (C=O) groups is 2. The highest BCUT2D eigenvalue weighted by molar-refractivity contribution is 6.24. The number of rotatable bonds is 5. The van der Waals surface area contributed by atoms with E-state index in [4.69, 9.17) is 0 Å². The van der Waals surface area contributed by atoms with Gasteiger partial charge in [-0.05, 0) is 49.6 Å². The number of amides is 2. The molecule has 1 fully saturated rings. The number of aliphatic hydroxyl groups is 1. The molecule has 1 aromatic heterocycles. The Morgan fingerprint density at radius 2 is 1.67 bits per heavy atom. The van der Waals surface area contributed by atoms with Gasteiger partial charge in [0.2, 0.25) is 5.82 Å². The zero-order chi connectivity index (χ0) is 33.1. The van der Waals surface area contributed by atoms with Crippen LogP contribution in [-0.2, 0) is 28.5 Å². The SMILES string of the molecule is CN1N(Cc2ccc(O)c(F)c2F)C(=O)C(C(=O)Nc2ccc(C(F)(F)F)cc2-c2ccc(C(F)(F)F)nc2)=C(O)C12CCC2. The molecule has 2 amide bonds. The molecule has 3 aromatic rings. The zero-order valence-corrected chi connectivity index (χ0v) is 23.0.